The van der Waals surface area contributed by atoms with E-state index in [0.717, 1.165) is 6.54 Å². The summed E-state index contributed by atoms with van der Waals surface area (Å²) >= 11 is 0. The topological polar surface area (TPSA) is 41.1 Å². The minimum absolute atomic E-state index is 0. The van der Waals surface area contributed by atoms with Gasteiger partial charge in [-0.2, -0.15) is 0 Å². The van der Waals surface area contributed by atoms with Gasteiger partial charge in [0, 0.05) is 12.1 Å². The molecule has 4 heteroatoms. The number of halogens is 1. The molecule has 0 aliphatic rings. The molecule has 0 bridgehead atoms. The van der Waals surface area contributed by atoms with Crippen molar-refractivity contribution >= 4 is 18.3 Å². The van der Waals surface area contributed by atoms with Crippen LogP contribution in [0.25, 0.3) is 0 Å². The molecule has 0 spiro atoms. The fourth-order valence-corrected chi connectivity index (χ4v) is 0.275. The number of hydrogen-bond donors (Lipinski definition) is 2. The molecule has 0 heterocycles. The molecule has 0 aliphatic carbocycles. The summed E-state index contributed by atoms with van der Waals surface area (Å²) in [4.78, 5) is 10.6. The highest BCUT2D eigenvalue weighted by molar-refractivity contribution is 5.91. The Bertz CT molecular complexity index is 125. The van der Waals surface area contributed by atoms with E-state index in [2.05, 4.69) is 17.4 Å². The van der Waals surface area contributed by atoms with Gasteiger partial charge >= 0.3 is 0 Å². The van der Waals surface area contributed by atoms with E-state index in [9.17, 15) is 4.79 Å². The van der Waals surface area contributed by atoms with Crippen LogP contribution in [-0.2, 0) is 4.79 Å². The number of hydrazine groups is 1. The summed E-state index contributed by atoms with van der Waals surface area (Å²) in [6.07, 6.45) is 0. The molecule has 60 valence electrons. The summed E-state index contributed by atoms with van der Waals surface area (Å²) in [6, 6.07) is 0. The molecule has 0 saturated carbocycles. The second kappa shape index (κ2) is 6.58. The van der Waals surface area contributed by atoms with E-state index < -0.39 is 0 Å². The number of amides is 1. The standard InChI is InChI=1S/C6H12N2O.ClH/c1-4-7-8-6(9)5(2)3;/h7H,2,4H2,1,3H3,(H,8,9);1H. The van der Waals surface area contributed by atoms with Gasteiger partial charge in [-0.3, -0.25) is 10.2 Å². The first kappa shape index (κ1) is 12.2. The maximum Gasteiger partial charge on any atom is 0.260 e. The van der Waals surface area contributed by atoms with Crippen molar-refractivity contribution < 1.29 is 4.79 Å². The number of rotatable bonds is 3. The van der Waals surface area contributed by atoms with Crippen LogP contribution in [0.2, 0.25) is 0 Å². The first-order valence-electron chi connectivity index (χ1n) is 2.87. The van der Waals surface area contributed by atoms with Gasteiger partial charge < -0.3 is 0 Å². The van der Waals surface area contributed by atoms with Crippen LogP contribution >= 0.6 is 12.4 Å². The molecule has 0 aromatic heterocycles. The van der Waals surface area contributed by atoms with Gasteiger partial charge in [0.05, 0.1) is 0 Å². The highest BCUT2D eigenvalue weighted by Crippen LogP contribution is 1.81. The lowest BCUT2D eigenvalue weighted by Gasteiger charge is -2.01. The van der Waals surface area contributed by atoms with Crippen LogP contribution in [-0.4, -0.2) is 12.5 Å². The SMILES string of the molecule is C=C(C)C(=O)NNCC.Cl. The van der Waals surface area contributed by atoms with Crippen molar-refractivity contribution in [3.05, 3.63) is 12.2 Å². The molecule has 0 aliphatic heterocycles. The molecular formula is C6H13ClN2O. The van der Waals surface area contributed by atoms with Gasteiger partial charge in [0.2, 0.25) is 0 Å². The first-order chi connectivity index (χ1) is 4.18. The Balaban J connectivity index is 0. The van der Waals surface area contributed by atoms with Crippen molar-refractivity contribution in [1.29, 1.82) is 0 Å². The van der Waals surface area contributed by atoms with Crippen LogP contribution in [0.1, 0.15) is 13.8 Å². The Hall–Kier alpha value is -0.540. The first-order valence-corrected chi connectivity index (χ1v) is 2.87. The predicted octanol–water partition coefficient (Wildman–Crippen LogP) is 0.625. The lowest BCUT2D eigenvalue weighted by molar-refractivity contribution is -0.118. The number of nitrogens with one attached hydrogen (secondary N) is 2. The van der Waals surface area contributed by atoms with E-state index in [-0.39, 0.29) is 18.3 Å². The minimum atomic E-state index is -0.156. The maximum absolute atomic E-state index is 10.6. The smallest absolute Gasteiger partial charge is 0.260 e. The van der Waals surface area contributed by atoms with Gasteiger partial charge in [0.1, 0.15) is 0 Å². The fraction of sp³-hybridized carbons (Fsp3) is 0.500. The summed E-state index contributed by atoms with van der Waals surface area (Å²) in [5, 5.41) is 0. The molecular weight excluding hydrogens is 152 g/mol. The Morgan fingerprint density at radius 1 is 1.60 bits per heavy atom. The largest absolute Gasteiger partial charge is 0.288 e. The van der Waals surface area contributed by atoms with Crippen LogP contribution in [0.5, 0.6) is 0 Å². The zero-order valence-corrected chi connectivity index (χ0v) is 7.05. The van der Waals surface area contributed by atoms with E-state index >= 15 is 0 Å². The second-order valence-electron chi connectivity index (χ2n) is 1.76. The van der Waals surface area contributed by atoms with Crippen molar-refractivity contribution in [1.82, 2.24) is 10.9 Å². The van der Waals surface area contributed by atoms with Gasteiger partial charge in [0.25, 0.3) is 5.91 Å². The summed E-state index contributed by atoms with van der Waals surface area (Å²) in [5.41, 5.74) is 5.62. The van der Waals surface area contributed by atoms with Gasteiger partial charge in [-0.1, -0.05) is 13.5 Å². The number of hydrogen-bond acceptors (Lipinski definition) is 2. The van der Waals surface area contributed by atoms with E-state index in [0.29, 0.717) is 5.57 Å². The third-order valence-corrected chi connectivity index (χ3v) is 0.766. The Morgan fingerprint density at radius 2 is 2.10 bits per heavy atom. The van der Waals surface area contributed by atoms with Crippen molar-refractivity contribution in [3.8, 4) is 0 Å². The highest BCUT2D eigenvalue weighted by Gasteiger charge is 1.96. The molecule has 1 amide bonds. The van der Waals surface area contributed by atoms with Crippen LogP contribution in [0.15, 0.2) is 12.2 Å². The quantitative estimate of drug-likeness (QED) is 0.475. The molecule has 2 N–H and O–H groups in total. The molecule has 0 aromatic rings. The summed E-state index contributed by atoms with van der Waals surface area (Å²) in [6.45, 7) is 7.74. The van der Waals surface area contributed by atoms with Crippen LogP contribution < -0.4 is 10.9 Å². The van der Waals surface area contributed by atoms with E-state index in [1.165, 1.54) is 0 Å². The molecule has 0 radical (unpaired) electrons. The predicted molar refractivity (Wildman–Crippen MR) is 43.9 cm³/mol. The second-order valence-corrected chi connectivity index (χ2v) is 1.76. The maximum atomic E-state index is 10.6. The lowest BCUT2D eigenvalue weighted by Crippen LogP contribution is -2.37. The summed E-state index contributed by atoms with van der Waals surface area (Å²) in [7, 11) is 0. The molecule has 0 unspecified atom stereocenters. The average molecular weight is 165 g/mol. The highest BCUT2D eigenvalue weighted by atomic mass is 35.5. The summed E-state index contributed by atoms with van der Waals surface area (Å²) < 4.78 is 0. The molecule has 0 atom stereocenters. The van der Waals surface area contributed by atoms with Gasteiger partial charge in [-0.15, -0.1) is 12.4 Å². The molecule has 0 saturated heterocycles. The normalized spacial score (nSPS) is 7.80. The third kappa shape index (κ3) is 5.59. The van der Waals surface area contributed by atoms with Crippen LogP contribution in [0, 0.1) is 0 Å². The Morgan fingerprint density at radius 3 is 2.40 bits per heavy atom. The van der Waals surface area contributed by atoms with E-state index in [1.807, 2.05) is 6.92 Å². The molecule has 10 heavy (non-hydrogen) atoms. The lowest BCUT2D eigenvalue weighted by atomic mass is 10.3. The van der Waals surface area contributed by atoms with Gasteiger partial charge in [-0.05, 0) is 6.92 Å². The molecule has 0 fully saturated rings. The van der Waals surface area contributed by atoms with Gasteiger partial charge in [0.15, 0.2) is 0 Å². The van der Waals surface area contributed by atoms with E-state index in [1.54, 1.807) is 6.92 Å². The van der Waals surface area contributed by atoms with Crippen molar-refractivity contribution in [2.45, 2.75) is 13.8 Å². The van der Waals surface area contributed by atoms with Crippen LogP contribution in [0.3, 0.4) is 0 Å². The Kier molecular flexibility index (Phi) is 8.00. The zero-order chi connectivity index (χ0) is 7.28. The monoisotopic (exact) mass is 164 g/mol. The molecule has 3 nitrogen and oxygen atoms in total. The van der Waals surface area contributed by atoms with Crippen molar-refractivity contribution in [3.63, 3.8) is 0 Å². The zero-order valence-electron chi connectivity index (χ0n) is 6.23. The third-order valence-electron chi connectivity index (χ3n) is 0.766. The molecule has 0 rings (SSSR count). The summed E-state index contributed by atoms with van der Waals surface area (Å²) in [5.74, 6) is -0.156. The average Bonchev–Trinajstić information content (AvgIpc) is 1.82. The van der Waals surface area contributed by atoms with Gasteiger partial charge in [-0.25, -0.2) is 5.43 Å². The number of carbonyl (C=O) groups excluding carboxylic acids is 1. The van der Waals surface area contributed by atoms with Crippen molar-refractivity contribution in [2.24, 2.45) is 0 Å². The Labute approximate surface area is 67.3 Å². The van der Waals surface area contributed by atoms with Crippen molar-refractivity contribution in [2.75, 3.05) is 6.54 Å². The minimum Gasteiger partial charge on any atom is -0.288 e. The van der Waals surface area contributed by atoms with E-state index in [4.69, 9.17) is 0 Å². The van der Waals surface area contributed by atoms with Crippen LogP contribution in [0.4, 0.5) is 0 Å². The fourth-order valence-electron chi connectivity index (χ4n) is 0.275. The molecule has 0 aromatic carbocycles. The number of carbonyl (C=O) groups is 1.